The molecule has 0 radical (unpaired) electrons. The quantitative estimate of drug-likeness (QED) is 0.489. The minimum Gasteiger partial charge on any atom is -0.496 e. The van der Waals surface area contributed by atoms with Crippen molar-refractivity contribution in [3.05, 3.63) is 58.6 Å². The Bertz CT molecular complexity index is 730. The molecule has 7 heteroatoms. The first-order valence-electron chi connectivity index (χ1n) is 6.63. The smallest absolute Gasteiger partial charge is 0.329 e. The number of amides is 2. The zero-order valence-electron chi connectivity index (χ0n) is 12.2. The molecule has 0 aromatic heterocycles. The molecule has 2 aromatic carbocycles. The second kappa shape index (κ2) is 8.09. The van der Waals surface area contributed by atoms with Crippen LogP contribution in [-0.2, 0) is 9.59 Å². The van der Waals surface area contributed by atoms with Gasteiger partial charge in [0.2, 0.25) is 0 Å². The molecule has 0 aliphatic rings. The van der Waals surface area contributed by atoms with Gasteiger partial charge in [-0.3, -0.25) is 9.59 Å². The van der Waals surface area contributed by atoms with Crippen molar-refractivity contribution in [2.45, 2.75) is 0 Å². The van der Waals surface area contributed by atoms with Gasteiger partial charge in [-0.25, -0.2) is 5.43 Å². The predicted octanol–water partition coefficient (Wildman–Crippen LogP) is 2.55. The lowest BCUT2D eigenvalue weighted by atomic mass is 10.2. The molecule has 0 aliphatic heterocycles. The van der Waals surface area contributed by atoms with E-state index < -0.39 is 11.8 Å². The fraction of sp³-hybridized carbons (Fsp3) is 0.0625. The third kappa shape index (κ3) is 4.93. The highest BCUT2D eigenvalue weighted by molar-refractivity contribution is 9.10. The maximum Gasteiger partial charge on any atom is 0.329 e. The minimum absolute atomic E-state index is 0.516. The summed E-state index contributed by atoms with van der Waals surface area (Å²) in [5.74, 6) is -1.05. The number of hydrogen-bond acceptors (Lipinski definition) is 4. The molecule has 2 N–H and O–H groups in total. The van der Waals surface area contributed by atoms with E-state index in [9.17, 15) is 9.59 Å². The third-order valence-electron chi connectivity index (χ3n) is 2.82. The molecule has 0 saturated carbocycles. The molecule has 2 rings (SSSR count). The van der Waals surface area contributed by atoms with E-state index >= 15 is 0 Å². The zero-order valence-corrected chi connectivity index (χ0v) is 13.8. The van der Waals surface area contributed by atoms with Gasteiger partial charge < -0.3 is 10.1 Å². The molecule has 0 atom stereocenters. The van der Waals surface area contributed by atoms with Gasteiger partial charge in [0.1, 0.15) is 5.75 Å². The molecular formula is C16H14BrN3O3. The number of rotatable bonds is 4. The number of hydrogen-bond donors (Lipinski definition) is 2. The summed E-state index contributed by atoms with van der Waals surface area (Å²) in [6, 6.07) is 14.0. The Kier molecular flexibility index (Phi) is 5.87. The van der Waals surface area contributed by atoms with Gasteiger partial charge in [-0.05, 0) is 36.4 Å². The number of anilines is 1. The number of ether oxygens (including phenoxy) is 1. The van der Waals surface area contributed by atoms with E-state index in [0.29, 0.717) is 17.0 Å². The highest BCUT2D eigenvalue weighted by Gasteiger charge is 2.12. The molecule has 0 spiro atoms. The molecule has 23 heavy (non-hydrogen) atoms. The van der Waals surface area contributed by atoms with Crippen LogP contribution in [0.4, 0.5) is 5.69 Å². The van der Waals surface area contributed by atoms with Gasteiger partial charge in [-0.15, -0.1) is 0 Å². The van der Waals surface area contributed by atoms with Crippen LogP contribution in [0.15, 0.2) is 58.1 Å². The van der Waals surface area contributed by atoms with Gasteiger partial charge in [0.15, 0.2) is 0 Å². The largest absolute Gasteiger partial charge is 0.496 e. The molecule has 0 fully saturated rings. The van der Waals surface area contributed by atoms with Crippen molar-refractivity contribution in [1.82, 2.24) is 5.43 Å². The molecule has 2 amide bonds. The maximum absolute atomic E-state index is 11.7. The number of methoxy groups -OCH3 is 1. The van der Waals surface area contributed by atoms with Crippen molar-refractivity contribution >= 4 is 39.6 Å². The second-order valence-corrected chi connectivity index (χ2v) is 5.32. The number of halogens is 1. The zero-order chi connectivity index (χ0) is 16.7. The van der Waals surface area contributed by atoms with Gasteiger partial charge in [-0.1, -0.05) is 28.1 Å². The Morgan fingerprint density at radius 1 is 1.09 bits per heavy atom. The van der Waals surface area contributed by atoms with E-state index in [0.717, 1.165) is 4.47 Å². The number of benzene rings is 2. The van der Waals surface area contributed by atoms with Crippen LogP contribution in [0.3, 0.4) is 0 Å². The molecule has 0 saturated heterocycles. The van der Waals surface area contributed by atoms with Crippen LogP contribution in [0.1, 0.15) is 5.56 Å². The molecule has 2 aromatic rings. The van der Waals surface area contributed by atoms with E-state index in [1.54, 1.807) is 36.4 Å². The van der Waals surface area contributed by atoms with Gasteiger partial charge in [-0.2, -0.15) is 5.10 Å². The van der Waals surface area contributed by atoms with Crippen molar-refractivity contribution in [2.75, 3.05) is 12.4 Å². The summed E-state index contributed by atoms with van der Waals surface area (Å²) in [6.45, 7) is 0. The lowest BCUT2D eigenvalue weighted by Crippen LogP contribution is -2.32. The van der Waals surface area contributed by atoms with Crippen molar-refractivity contribution in [2.24, 2.45) is 5.10 Å². The third-order valence-corrected chi connectivity index (χ3v) is 3.35. The molecule has 6 nitrogen and oxygen atoms in total. The summed E-state index contributed by atoms with van der Waals surface area (Å²) in [5.41, 5.74) is 3.37. The van der Waals surface area contributed by atoms with Crippen LogP contribution in [0.2, 0.25) is 0 Å². The minimum atomic E-state index is -0.862. The highest BCUT2D eigenvalue weighted by Crippen LogP contribution is 2.15. The Hall–Kier alpha value is -2.67. The normalized spacial score (nSPS) is 10.3. The average Bonchev–Trinajstić information content (AvgIpc) is 2.57. The van der Waals surface area contributed by atoms with Gasteiger partial charge in [0.05, 0.1) is 13.3 Å². The van der Waals surface area contributed by atoms with Crippen LogP contribution < -0.4 is 15.5 Å². The summed E-state index contributed by atoms with van der Waals surface area (Å²) < 4.78 is 6.03. The van der Waals surface area contributed by atoms with Crippen LogP contribution >= 0.6 is 15.9 Å². The Morgan fingerprint density at radius 3 is 2.48 bits per heavy atom. The van der Waals surface area contributed by atoms with E-state index in [1.165, 1.54) is 13.3 Å². The van der Waals surface area contributed by atoms with E-state index in [2.05, 4.69) is 31.8 Å². The monoisotopic (exact) mass is 375 g/mol. The van der Waals surface area contributed by atoms with E-state index in [-0.39, 0.29) is 0 Å². The van der Waals surface area contributed by atoms with Crippen molar-refractivity contribution in [1.29, 1.82) is 0 Å². The second-order valence-electron chi connectivity index (χ2n) is 4.40. The Morgan fingerprint density at radius 2 is 1.78 bits per heavy atom. The van der Waals surface area contributed by atoms with Crippen LogP contribution in [0.25, 0.3) is 0 Å². The molecule has 118 valence electrons. The standard InChI is InChI=1S/C16H14BrN3O3/c1-23-14-5-3-2-4-11(14)10-18-20-16(22)15(21)19-13-8-6-12(17)7-9-13/h2-10H,1H3,(H,19,21)(H,20,22)/b18-10+. The topological polar surface area (TPSA) is 79.8 Å². The van der Waals surface area contributed by atoms with Crippen LogP contribution in [0.5, 0.6) is 5.75 Å². The molecular weight excluding hydrogens is 362 g/mol. The number of carbonyl (C=O) groups excluding carboxylic acids is 2. The molecule has 0 bridgehead atoms. The first-order chi connectivity index (χ1) is 11.1. The summed E-state index contributed by atoms with van der Waals surface area (Å²) in [7, 11) is 1.54. The average molecular weight is 376 g/mol. The first kappa shape index (κ1) is 16.7. The van der Waals surface area contributed by atoms with Crippen LogP contribution in [-0.4, -0.2) is 25.1 Å². The van der Waals surface area contributed by atoms with Gasteiger partial charge in [0.25, 0.3) is 0 Å². The van der Waals surface area contributed by atoms with Crippen molar-refractivity contribution < 1.29 is 14.3 Å². The molecule has 0 aliphatic carbocycles. The first-order valence-corrected chi connectivity index (χ1v) is 7.42. The number of hydrazone groups is 1. The number of nitrogens with one attached hydrogen (secondary N) is 2. The highest BCUT2D eigenvalue weighted by atomic mass is 79.9. The fourth-order valence-corrected chi connectivity index (χ4v) is 1.97. The summed E-state index contributed by atoms with van der Waals surface area (Å²) in [4.78, 5) is 23.4. The maximum atomic E-state index is 11.7. The van der Waals surface area contributed by atoms with Crippen LogP contribution in [0, 0.1) is 0 Å². The summed E-state index contributed by atoms with van der Waals surface area (Å²) >= 11 is 3.29. The molecule has 0 unspecified atom stereocenters. The number of carbonyl (C=O) groups is 2. The predicted molar refractivity (Wildman–Crippen MR) is 91.5 cm³/mol. The SMILES string of the molecule is COc1ccccc1/C=N/NC(=O)C(=O)Nc1ccc(Br)cc1. The van der Waals surface area contributed by atoms with Crippen molar-refractivity contribution in [3.63, 3.8) is 0 Å². The summed E-state index contributed by atoms with van der Waals surface area (Å²) in [6.07, 6.45) is 1.41. The number of nitrogens with zero attached hydrogens (tertiary/aromatic N) is 1. The Labute approximate surface area is 141 Å². The van der Waals surface area contributed by atoms with Gasteiger partial charge in [0, 0.05) is 15.7 Å². The van der Waals surface area contributed by atoms with E-state index in [1.807, 2.05) is 12.1 Å². The Balaban J connectivity index is 1.92. The number of para-hydroxylation sites is 1. The fourth-order valence-electron chi connectivity index (χ4n) is 1.71. The van der Waals surface area contributed by atoms with E-state index in [4.69, 9.17) is 4.74 Å². The summed E-state index contributed by atoms with van der Waals surface area (Å²) in [5, 5.41) is 6.22. The van der Waals surface area contributed by atoms with Gasteiger partial charge >= 0.3 is 11.8 Å². The van der Waals surface area contributed by atoms with Crippen molar-refractivity contribution in [3.8, 4) is 5.75 Å². The molecule has 0 heterocycles. The lowest BCUT2D eigenvalue weighted by Gasteiger charge is -2.04. The lowest BCUT2D eigenvalue weighted by molar-refractivity contribution is -0.136.